The quantitative estimate of drug-likeness (QED) is 0.553. The second kappa shape index (κ2) is 8.24. The second-order valence-corrected chi connectivity index (χ2v) is 7.88. The highest BCUT2D eigenvalue weighted by Crippen LogP contribution is 2.24. The normalized spacial score (nSPS) is 10.8. The molecular formula is C18H16BrClN4OS. The number of rotatable bonds is 5. The predicted molar refractivity (Wildman–Crippen MR) is 109 cm³/mol. The van der Waals surface area contributed by atoms with Gasteiger partial charge in [0.05, 0.1) is 5.75 Å². The largest absolute Gasteiger partial charge is 0.325 e. The Balaban J connectivity index is 1.69. The van der Waals surface area contributed by atoms with Gasteiger partial charge in [0.1, 0.15) is 5.82 Å². The van der Waals surface area contributed by atoms with E-state index in [1.165, 1.54) is 11.8 Å². The fourth-order valence-corrected chi connectivity index (χ4v) is 3.54. The van der Waals surface area contributed by atoms with Gasteiger partial charge in [-0.1, -0.05) is 39.3 Å². The fraction of sp³-hybridized carbons (Fsp3) is 0.167. The van der Waals surface area contributed by atoms with Gasteiger partial charge in [-0.15, -0.1) is 10.2 Å². The summed E-state index contributed by atoms with van der Waals surface area (Å²) in [7, 11) is 0. The van der Waals surface area contributed by atoms with E-state index in [-0.39, 0.29) is 11.7 Å². The van der Waals surface area contributed by atoms with E-state index in [2.05, 4.69) is 31.4 Å². The van der Waals surface area contributed by atoms with Crippen molar-refractivity contribution in [1.29, 1.82) is 0 Å². The van der Waals surface area contributed by atoms with Crippen LogP contribution in [0.3, 0.4) is 0 Å². The maximum atomic E-state index is 12.3. The van der Waals surface area contributed by atoms with Crippen LogP contribution in [-0.4, -0.2) is 26.4 Å². The minimum absolute atomic E-state index is 0.0972. The number of benzene rings is 2. The molecule has 1 N–H and O–H groups in total. The Morgan fingerprint density at radius 3 is 2.62 bits per heavy atom. The van der Waals surface area contributed by atoms with Gasteiger partial charge in [-0.05, 0) is 61.9 Å². The van der Waals surface area contributed by atoms with Crippen LogP contribution in [0.4, 0.5) is 5.69 Å². The van der Waals surface area contributed by atoms with Crippen LogP contribution in [0.2, 0.25) is 5.02 Å². The summed E-state index contributed by atoms with van der Waals surface area (Å²) in [6.07, 6.45) is 0. The lowest BCUT2D eigenvalue weighted by atomic mass is 10.2. The standard InChI is InChI=1S/C18H16BrClN4OS/c1-11-9-14(5-8-16(11)19)21-17(25)10-26-18-23-22-12(2)24(18)15-6-3-13(20)4-7-15/h3-9H,10H2,1-2H3,(H,21,25). The number of amides is 1. The third kappa shape index (κ3) is 4.47. The number of nitrogens with zero attached hydrogens (tertiary/aromatic N) is 3. The summed E-state index contributed by atoms with van der Waals surface area (Å²) in [6, 6.07) is 13.1. The molecule has 0 aliphatic carbocycles. The minimum atomic E-state index is -0.0972. The zero-order valence-corrected chi connectivity index (χ0v) is 17.3. The highest BCUT2D eigenvalue weighted by atomic mass is 79.9. The molecule has 0 atom stereocenters. The van der Waals surface area contributed by atoms with E-state index in [0.29, 0.717) is 10.2 Å². The summed E-state index contributed by atoms with van der Waals surface area (Å²) in [5.74, 6) is 0.889. The van der Waals surface area contributed by atoms with Gasteiger partial charge in [-0.2, -0.15) is 0 Å². The molecule has 8 heteroatoms. The number of halogens is 2. The highest BCUT2D eigenvalue weighted by Gasteiger charge is 2.13. The molecule has 2 aromatic carbocycles. The van der Waals surface area contributed by atoms with Gasteiger partial charge in [0.15, 0.2) is 5.16 Å². The molecule has 3 aromatic rings. The SMILES string of the molecule is Cc1cc(NC(=O)CSc2nnc(C)n2-c2ccc(Cl)cc2)ccc1Br. The van der Waals surface area contributed by atoms with E-state index < -0.39 is 0 Å². The van der Waals surface area contributed by atoms with Crippen LogP contribution in [0.1, 0.15) is 11.4 Å². The zero-order valence-electron chi connectivity index (χ0n) is 14.2. The molecule has 0 saturated heterocycles. The van der Waals surface area contributed by atoms with Gasteiger partial charge in [0.25, 0.3) is 0 Å². The van der Waals surface area contributed by atoms with Crippen LogP contribution in [0.15, 0.2) is 52.1 Å². The van der Waals surface area contributed by atoms with Gasteiger partial charge in [-0.25, -0.2) is 0 Å². The van der Waals surface area contributed by atoms with Gasteiger partial charge >= 0.3 is 0 Å². The van der Waals surface area contributed by atoms with Crippen molar-refractivity contribution in [1.82, 2.24) is 14.8 Å². The van der Waals surface area contributed by atoms with Crippen molar-refractivity contribution in [3.63, 3.8) is 0 Å². The van der Waals surface area contributed by atoms with E-state index in [1.54, 1.807) is 0 Å². The summed E-state index contributed by atoms with van der Waals surface area (Å²) in [6.45, 7) is 3.85. The van der Waals surface area contributed by atoms with Crippen molar-refractivity contribution in [3.8, 4) is 5.69 Å². The lowest BCUT2D eigenvalue weighted by molar-refractivity contribution is -0.113. The number of aromatic nitrogens is 3. The molecule has 0 fully saturated rings. The van der Waals surface area contributed by atoms with E-state index in [4.69, 9.17) is 11.6 Å². The first-order valence-electron chi connectivity index (χ1n) is 7.81. The van der Waals surface area contributed by atoms with Gasteiger partial charge in [-0.3, -0.25) is 9.36 Å². The average Bonchev–Trinajstić information content (AvgIpc) is 2.98. The molecule has 0 unspecified atom stereocenters. The zero-order chi connectivity index (χ0) is 18.7. The van der Waals surface area contributed by atoms with Crippen molar-refractivity contribution >= 4 is 50.9 Å². The van der Waals surface area contributed by atoms with Crippen LogP contribution < -0.4 is 5.32 Å². The Labute approximate surface area is 169 Å². The predicted octanol–water partition coefficient (Wildman–Crippen LogP) is 5.03. The molecule has 1 aromatic heterocycles. The third-order valence-corrected chi connectivity index (χ3v) is 5.72. The molecule has 0 bridgehead atoms. The Morgan fingerprint density at radius 2 is 1.92 bits per heavy atom. The van der Waals surface area contributed by atoms with Gasteiger partial charge < -0.3 is 5.32 Å². The van der Waals surface area contributed by atoms with Crippen LogP contribution in [-0.2, 0) is 4.79 Å². The van der Waals surface area contributed by atoms with Crippen molar-refractivity contribution < 1.29 is 4.79 Å². The summed E-state index contributed by atoms with van der Waals surface area (Å²) in [4.78, 5) is 12.3. The molecule has 0 radical (unpaired) electrons. The second-order valence-electron chi connectivity index (χ2n) is 5.64. The Morgan fingerprint density at radius 1 is 1.19 bits per heavy atom. The molecule has 0 aliphatic rings. The summed E-state index contributed by atoms with van der Waals surface area (Å²) in [5, 5.41) is 12.5. The summed E-state index contributed by atoms with van der Waals surface area (Å²) in [5.41, 5.74) is 2.74. The first kappa shape index (κ1) is 18.9. The molecule has 134 valence electrons. The maximum Gasteiger partial charge on any atom is 0.234 e. The Hall–Kier alpha value is -1.83. The van der Waals surface area contributed by atoms with E-state index in [9.17, 15) is 4.79 Å². The van der Waals surface area contributed by atoms with Crippen LogP contribution in [0.25, 0.3) is 5.69 Å². The number of aryl methyl sites for hydroxylation is 2. The molecule has 26 heavy (non-hydrogen) atoms. The summed E-state index contributed by atoms with van der Waals surface area (Å²) >= 11 is 10.7. The number of thioether (sulfide) groups is 1. The van der Waals surface area contributed by atoms with Gasteiger partial charge in [0.2, 0.25) is 5.91 Å². The number of hydrogen-bond acceptors (Lipinski definition) is 4. The number of hydrogen-bond donors (Lipinski definition) is 1. The van der Waals surface area contributed by atoms with Crippen LogP contribution in [0, 0.1) is 13.8 Å². The topological polar surface area (TPSA) is 59.8 Å². The van der Waals surface area contributed by atoms with Crippen LogP contribution >= 0.6 is 39.3 Å². The van der Waals surface area contributed by atoms with E-state index >= 15 is 0 Å². The number of nitrogens with one attached hydrogen (secondary N) is 1. The van der Waals surface area contributed by atoms with E-state index in [1.807, 2.05) is 60.9 Å². The lowest BCUT2D eigenvalue weighted by Crippen LogP contribution is -2.14. The van der Waals surface area contributed by atoms with Crippen molar-refractivity contribution in [2.75, 3.05) is 11.1 Å². The Kier molecular flexibility index (Phi) is 6.01. The molecule has 5 nitrogen and oxygen atoms in total. The van der Waals surface area contributed by atoms with Gasteiger partial charge in [0, 0.05) is 20.9 Å². The summed E-state index contributed by atoms with van der Waals surface area (Å²) < 4.78 is 2.91. The lowest BCUT2D eigenvalue weighted by Gasteiger charge is -2.09. The molecule has 0 saturated carbocycles. The minimum Gasteiger partial charge on any atom is -0.325 e. The molecule has 0 aliphatic heterocycles. The number of anilines is 1. The molecule has 1 heterocycles. The van der Waals surface area contributed by atoms with E-state index in [0.717, 1.165) is 27.2 Å². The first-order chi connectivity index (χ1) is 12.4. The maximum absolute atomic E-state index is 12.3. The molecule has 1 amide bonds. The monoisotopic (exact) mass is 450 g/mol. The van der Waals surface area contributed by atoms with Crippen molar-refractivity contribution in [2.45, 2.75) is 19.0 Å². The van der Waals surface area contributed by atoms with Crippen molar-refractivity contribution in [2.24, 2.45) is 0 Å². The molecule has 0 spiro atoms. The Bertz CT molecular complexity index is 943. The van der Waals surface area contributed by atoms with Crippen molar-refractivity contribution in [3.05, 3.63) is 63.3 Å². The highest BCUT2D eigenvalue weighted by molar-refractivity contribution is 9.10. The fourth-order valence-electron chi connectivity index (χ4n) is 2.37. The first-order valence-corrected chi connectivity index (χ1v) is 9.96. The molecule has 3 rings (SSSR count). The average molecular weight is 452 g/mol. The molecular weight excluding hydrogens is 436 g/mol. The third-order valence-electron chi connectivity index (χ3n) is 3.65. The smallest absolute Gasteiger partial charge is 0.234 e. The number of carbonyl (C=O) groups is 1. The number of carbonyl (C=O) groups excluding carboxylic acids is 1. The van der Waals surface area contributed by atoms with Crippen LogP contribution in [0.5, 0.6) is 0 Å².